The molecule has 2 rings (SSSR count). The van der Waals surface area contributed by atoms with E-state index in [-0.39, 0.29) is 0 Å². The molecule has 2 heterocycles. The number of aliphatic hydroxyl groups excluding tert-OH is 1. The quantitative estimate of drug-likeness (QED) is 0.918. The second kappa shape index (κ2) is 5.19. The standard InChI is InChI=1S/C13H21ClN2O2/c1-9-10(12(14)16(3)15-9)8-11(17)13(2)6-4-5-7-18-13/h11,17H,4-8H2,1-3H3. The topological polar surface area (TPSA) is 47.3 Å². The van der Waals surface area contributed by atoms with Gasteiger partial charge in [0.05, 0.1) is 17.4 Å². The van der Waals surface area contributed by atoms with Gasteiger partial charge >= 0.3 is 0 Å². The van der Waals surface area contributed by atoms with E-state index in [0.717, 1.165) is 37.1 Å². The van der Waals surface area contributed by atoms with Crippen LogP contribution < -0.4 is 0 Å². The predicted octanol–water partition coefficient (Wildman–Crippen LogP) is 2.24. The van der Waals surface area contributed by atoms with E-state index < -0.39 is 11.7 Å². The van der Waals surface area contributed by atoms with Crippen LogP contribution in [0.5, 0.6) is 0 Å². The van der Waals surface area contributed by atoms with Crippen molar-refractivity contribution in [2.75, 3.05) is 6.61 Å². The van der Waals surface area contributed by atoms with Gasteiger partial charge in [0.1, 0.15) is 5.15 Å². The number of ether oxygens (including phenoxy) is 1. The van der Waals surface area contributed by atoms with Gasteiger partial charge in [0.25, 0.3) is 0 Å². The molecule has 2 unspecified atom stereocenters. The third-order valence-corrected chi connectivity index (χ3v) is 4.34. The molecule has 5 heteroatoms. The molecule has 1 N–H and O–H groups in total. The first-order valence-electron chi connectivity index (χ1n) is 6.44. The summed E-state index contributed by atoms with van der Waals surface area (Å²) in [5, 5.41) is 15.3. The van der Waals surface area contributed by atoms with Crippen LogP contribution in [-0.4, -0.2) is 33.2 Å². The summed E-state index contributed by atoms with van der Waals surface area (Å²) in [6.07, 6.45) is 3.03. The van der Waals surface area contributed by atoms with E-state index >= 15 is 0 Å². The van der Waals surface area contributed by atoms with Crippen molar-refractivity contribution in [3.05, 3.63) is 16.4 Å². The Kier molecular flexibility index (Phi) is 3.99. The summed E-state index contributed by atoms with van der Waals surface area (Å²) in [6.45, 7) is 4.63. The van der Waals surface area contributed by atoms with Gasteiger partial charge in [-0.25, -0.2) is 0 Å². The van der Waals surface area contributed by atoms with Crippen molar-refractivity contribution < 1.29 is 9.84 Å². The highest BCUT2D eigenvalue weighted by atomic mass is 35.5. The van der Waals surface area contributed by atoms with Gasteiger partial charge in [-0.05, 0) is 33.1 Å². The predicted molar refractivity (Wildman–Crippen MR) is 70.9 cm³/mol. The molecule has 1 aliphatic heterocycles. The van der Waals surface area contributed by atoms with Crippen molar-refractivity contribution in [3.8, 4) is 0 Å². The van der Waals surface area contributed by atoms with Crippen LogP contribution in [0.4, 0.5) is 0 Å². The molecule has 4 nitrogen and oxygen atoms in total. The number of halogens is 1. The Morgan fingerprint density at radius 3 is 2.78 bits per heavy atom. The number of hydrogen-bond donors (Lipinski definition) is 1. The Labute approximate surface area is 113 Å². The van der Waals surface area contributed by atoms with Gasteiger partial charge in [-0.3, -0.25) is 4.68 Å². The summed E-state index contributed by atoms with van der Waals surface area (Å²) in [5.41, 5.74) is 1.34. The van der Waals surface area contributed by atoms with Gasteiger partial charge < -0.3 is 9.84 Å². The number of aryl methyl sites for hydroxylation is 2. The molecule has 1 aromatic rings. The minimum absolute atomic E-state index is 0.455. The zero-order chi connectivity index (χ0) is 13.3. The SMILES string of the molecule is Cc1nn(C)c(Cl)c1CC(O)C1(C)CCCCO1. The largest absolute Gasteiger partial charge is 0.390 e. The average molecular weight is 273 g/mol. The zero-order valence-electron chi connectivity index (χ0n) is 11.2. The molecular weight excluding hydrogens is 252 g/mol. The fourth-order valence-corrected chi connectivity index (χ4v) is 2.79. The van der Waals surface area contributed by atoms with Crippen molar-refractivity contribution in [2.24, 2.45) is 7.05 Å². The lowest BCUT2D eigenvalue weighted by Gasteiger charge is -2.38. The highest BCUT2D eigenvalue weighted by Crippen LogP contribution is 2.31. The Balaban J connectivity index is 2.13. The second-order valence-electron chi connectivity index (χ2n) is 5.32. The molecule has 0 aliphatic carbocycles. The number of aromatic nitrogens is 2. The van der Waals surface area contributed by atoms with Crippen LogP contribution in [0.25, 0.3) is 0 Å². The number of rotatable bonds is 3. The molecule has 0 saturated carbocycles. The van der Waals surface area contributed by atoms with Gasteiger partial charge in [-0.1, -0.05) is 11.6 Å². The number of aliphatic hydroxyl groups is 1. The van der Waals surface area contributed by atoms with E-state index in [4.69, 9.17) is 16.3 Å². The fourth-order valence-electron chi connectivity index (χ4n) is 2.53. The van der Waals surface area contributed by atoms with E-state index in [0.29, 0.717) is 11.6 Å². The smallest absolute Gasteiger partial charge is 0.130 e. The van der Waals surface area contributed by atoms with Crippen LogP contribution in [0, 0.1) is 6.92 Å². The summed E-state index contributed by atoms with van der Waals surface area (Å²) >= 11 is 6.19. The lowest BCUT2D eigenvalue weighted by Crippen LogP contribution is -2.45. The van der Waals surface area contributed by atoms with Crippen molar-refractivity contribution >= 4 is 11.6 Å². The van der Waals surface area contributed by atoms with Gasteiger partial charge in [-0.2, -0.15) is 5.10 Å². The van der Waals surface area contributed by atoms with Crippen LogP contribution in [0.1, 0.15) is 37.4 Å². The van der Waals surface area contributed by atoms with Crippen LogP contribution in [0.15, 0.2) is 0 Å². The highest BCUT2D eigenvalue weighted by molar-refractivity contribution is 6.30. The van der Waals surface area contributed by atoms with Gasteiger partial charge in [0.2, 0.25) is 0 Å². The first-order chi connectivity index (χ1) is 8.44. The van der Waals surface area contributed by atoms with Crippen molar-refractivity contribution in [3.63, 3.8) is 0 Å². The maximum absolute atomic E-state index is 10.4. The molecule has 1 fully saturated rings. The molecule has 1 aromatic heterocycles. The molecule has 1 saturated heterocycles. The number of nitrogens with zero attached hydrogens (tertiary/aromatic N) is 2. The van der Waals surface area contributed by atoms with E-state index in [1.165, 1.54) is 0 Å². The lowest BCUT2D eigenvalue weighted by molar-refractivity contribution is -0.135. The third-order valence-electron chi connectivity index (χ3n) is 3.87. The molecule has 0 radical (unpaired) electrons. The van der Waals surface area contributed by atoms with Crippen LogP contribution in [0.3, 0.4) is 0 Å². The molecule has 2 atom stereocenters. The molecule has 0 bridgehead atoms. The highest BCUT2D eigenvalue weighted by Gasteiger charge is 2.36. The average Bonchev–Trinajstić information content (AvgIpc) is 2.57. The molecule has 0 amide bonds. The minimum atomic E-state index is -0.543. The Hall–Kier alpha value is -0.580. The third kappa shape index (κ3) is 2.56. The summed E-state index contributed by atoms with van der Waals surface area (Å²) in [6, 6.07) is 0. The molecular formula is C13H21ClN2O2. The summed E-state index contributed by atoms with van der Waals surface area (Å²) in [7, 11) is 1.81. The molecule has 0 spiro atoms. The Morgan fingerprint density at radius 1 is 1.56 bits per heavy atom. The minimum Gasteiger partial charge on any atom is -0.390 e. The summed E-state index contributed by atoms with van der Waals surface area (Å²) in [4.78, 5) is 0. The second-order valence-corrected chi connectivity index (χ2v) is 5.67. The lowest BCUT2D eigenvalue weighted by atomic mass is 9.87. The van der Waals surface area contributed by atoms with E-state index in [9.17, 15) is 5.11 Å². The van der Waals surface area contributed by atoms with Gasteiger partial charge in [0.15, 0.2) is 0 Å². The monoisotopic (exact) mass is 272 g/mol. The van der Waals surface area contributed by atoms with Crippen LogP contribution >= 0.6 is 11.6 Å². The molecule has 1 aliphatic rings. The molecule has 18 heavy (non-hydrogen) atoms. The zero-order valence-corrected chi connectivity index (χ0v) is 12.0. The first kappa shape index (κ1) is 13.8. The van der Waals surface area contributed by atoms with Crippen molar-refractivity contribution in [1.82, 2.24) is 9.78 Å². The van der Waals surface area contributed by atoms with E-state index in [2.05, 4.69) is 5.10 Å². The van der Waals surface area contributed by atoms with E-state index in [1.54, 1.807) is 4.68 Å². The van der Waals surface area contributed by atoms with Gasteiger partial charge in [-0.15, -0.1) is 0 Å². The first-order valence-corrected chi connectivity index (χ1v) is 6.82. The molecule has 102 valence electrons. The number of hydrogen-bond acceptors (Lipinski definition) is 3. The fraction of sp³-hybridized carbons (Fsp3) is 0.769. The molecule has 0 aromatic carbocycles. The Morgan fingerprint density at radius 2 is 2.28 bits per heavy atom. The van der Waals surface area contributed by atoms with Crippen molar-refractivity contribution in [2.45, 2.75) is 51.2 Å². The van der Waals surface area contributed by atoms with Crippen LogP contribution in [-0.2, 0) is 18.2 Å². The summed E-state index contributed by atoms with van der Waals surface area (Å²) < 4.78 is 7.41. The Bertz CT molecular complexity index is 425. The van der Waals surface area contributed by atoms with Crippen LogP contribution in [0.2, 0.25) is 5.15 Å². The van der Waals surface area contributed by atoms with Gasteiger partial charge in [0, 0.05) is 25.6 Å². The normalized spacial score (nSPS) is 26.3. The van der Waals surface area contributed by atoms with Crippen molar-refractivity contribution in [1.29, 1.82) is 0 Å². The van der Waals surface area contributed by atoms with E-state index in [1.807, 2.05) is 20.9 Å². The summed E-state index contributed by atoms with van der Waals surface area (Å²) in [5.74, 6) is 0. The maximum atomic E-state index is 10.4. The maximum Gasteiger partial charge on any atom is 0.130 e.